The minimum Gasteiger partial charge on any atom is -0.475 e. The van der Waals surface area contributed by atoms with Gasteiger partial charge in [-0.2, -0.15) is 0 Å². The van der Waals surface area contributed by atoms with Crippen molar-refractivity contribution in [3.05, 3.63) is 16.6 Å². The fourth-order valence-electron chi connectivity index (χ4n) is 0.665. The lowest BCUT2D eigenvalue weighted by molar-refractivity contribution is 0.0676. The molecule has 1 N–H and O–H groups in total. The lowest BCUT2D eigenvalue weighted by atomic mass is 10.5. The zero-order valence-corrected chi connectivity index (χ0v) is 8.39. The number of hydrogen-bond acceptors (Lipinski definition) is 5. The van der Waals surface area contributed by atoms with Gasteiger partial charge in [0.25, 0.3) is 0 Å². The minimum absolute atomic E-state index is 0.0221. The Hall–Kier alpha value is -1.32. The molecule has 0 rings (SSSR count). The predicted octanol–water partition coefficient (Wildman–Crippen LogP) is 1.27. The topological polar surface area (TPSA) is 76.1 Å². The van der Waals surface area contributed by atoms with Crippen LogP contribution in [0.25, 0.3) is 4.98 Å². The summed E-state index contributed by atoms with van der Waals surface area (Å²) in [6.07, 6.45) is 0. The van der Waals surface area contributed by atoms with Crippen LogP contribution in [0.4, 0.5) is 0 Å². The molecular weight excluding hydrogens is 188 g/mol. The molecule has 0 fully saturated rings. The van der Waals surface area contributed by atoms with E-state index >= 15 is 0 Å². The predicted molar refractivity (Wildman–Crippen MR) is 49.1 cm³/mol. The number of hydrogen-bond donors (Lipinski definition) is 1. The fraction of sp³-hybridized carbons (Fsp3) is 0.750. The average molecular weight is 203 g/mol. The first kappa shape index (κ1) is 12.7. The van der Waals surface area contributed by atoms with Crippen LogP contribution in [0.5, 0.6) is 0 Å². The number of aliphatic hydroxyl groups is 1. The molecule has 0 aliphatic heterocycles. The Labute approximate surface area is 82.7 Å². The van der Waals surface area contributed by atoms with Crippen molar-refractivity contribution >= 4 is 0 Å². The zero-order valence-electron chi connectivity index (χ0n) is 8.39. The van der Waals surface area contributed by atoms with E-state index in [1.165, 1.54) is 0 Å². The van der Waals surface area contributed by atoms with E-state index in [4.69, 9.17) is 24.7 Å². The molecule has 0 saturated carbocycles. The number of nitrogens with zero attached hydrogens (tertiary/aromatic N) is 2. The highest BCUT2D eigenvalue weighted by molar-refractivity contribution is 5.09. The molecule has 0 unspecified atom stereocenters. The molecule has 0 amide bonds. The van der Waals surface area contributed by atoms with E-state index in [0.717, 1.165) is 0 Å². The fourth-order valence-corrected chi connectivity index (χ4v) is 0.665. The Morgan fingerprint density at radius 3 is 2.64 bits per heavy atom. The van der Waals surface area contributed by atoms with Crippen molar-refractivity contribution in [3.63, 3.8) is 0 Å². The Balaban J connectivity index is 3.91. The summed E-state index contributed by atoms with van der Waals surface area (Å²) in [5.41, 5.74) is -0.0389. The number of methoxy groups -OCH3 is 1. The van der Waals surface area contributed by atoms with Gasteiger partial charge in [0.15, 0.2) is 11.6 Å². The monoisotopic (exact) mass is 203 g/mol. The maximum Gasteiger partial charge on any atom is 0.465 e. The first-order chi connectivity index (χ1) is 6.76. The van der Waals surface area contributed by atoms with Gasteiger partial charge in [0.05, 0.1) is 19.8 Å². The Kier molecular flexibility index (Phi) is 7.50. The summed E-state index contributed by atoms with van der Waals surface area (Å²) < 4.78 is 14.5. The highest BCUT2D eigenvalue weighted by Crippen LogP contribution is 2.05. The molecule has 0 aliphatic rings. The van der Waals surface area contributed by atoms with Crippen molar-refractivity contribution in [1.29, 1.82) is 5.39 Å². The highest BCUT2D eigenvalue weighted by atomic mass is 16.6. The molecule has 0 heterocycles. The standard InChI is InChI=1S/C8H14N2O4/c1-3-14-8(11)7(10-9)6-13-5-4-12-2/h3-6H2,1-2H3/p+1/b8-7-. The zero-order chi connectivity index (χ0) is 10.8. The van der Waals surface area contributed by atoms with Crippen LogP contribution < -0.4 is 0 Å². The molecule has 6 heteroatoms. The second-order valence-corrected chi connectivity index (χ2v) is 2.33. The van der Waals surface area contributed by atoms with E-state index in [9.17, 15) is 0 Å². The summed E-state index contributed by atoms with van der Waals surface area (Å²) in [6, 6.07) is 0. The van der Waals surface area contributed by atoms with Gasteiger partial charge in [-0.15, -0.1) is 0 Å². The third-order valence-corrected chi connectivity index (χ3v) is 1.32. The molecule has 0 aromatic heterocycles. The van der Waals surface area contributed by atoms with E-state index in [1.807, 2.05) is 0 Å². The van der Waals surface area contributed by atoms with Crippen LogP contribution in [0.3, 0.4) is 0 Å². The molecule has 0 atom stereocenters. The summed E-state index contributed by atoms with van der Waals surface area (Å²) in [5, 5.41) is 17.7. The maximum atomic E-state index is 9.16. The SMILES string of the molecule is CCO/C(O)=C(/COCCOC)[N+]#N. The quantitative estimate of drug-likeness (QED) is 0.383. The molecule has 0 aliphatic carbocycles. The molecule has 0 aromatic rings. The van der Waals surface area contributed by atoms with Gasteiger partial charge in [-0.05, 0) is 6.92 Å². The molecule has 6 nitrogen and oxygen atoms in total. The van der Waals surface area contributed by atoms with Gasteiger partial charge in [0, 0.05) is 7.11 Å². The third kappa shape index (κ3) is 5.35. The molecular formula is C8H15N2O4+. The van der Waals surface area contributed by atoms with Gasteiger partial charge in [0.2, 0.25) is 5.39 Å². The van der Waals surface area contributed by atoms with Crippen LogP contribution in [-0.2, 0) is 14.2 Å². The Morgan fingerprint density at radius 2 is 2.14 bits per heavy atom. The number of rotatable bonds is 7. The summed E-state index contributed by atoms with van der Waals surface area (Å²) in [4.78, 5) is 2.84. The number of diazo groups is 1. The number of ether oxygens (including phenoxy) is 3. The van der Waals surface area contributed by atoms with E-state index in [2.05, 4.69) is 4.98 Å². The average Bonchev–Trinajstić information content (AvgIpc) is 2.18. The lowest BCUT2D eigenvalue weighted by Gasteiger charge is -1.99. The first-order valence-electron chi connectivity index (χ1n) is 4.22. The summed E-state index contributed by atoms with van der Waals surface area (Å²) in [7, 11) is 1.55. The smallest absolute Gasteiger partial charge is 0.465 e. The number of aliphatic hydroxyl groups excluding tert-OH is 1. The molecule has 0 radical (unpaired) electrons. The molecule has 0 saturated heterocycles. The van der Waals surface area contributed by atoms with Crippen LogP contribution in [0.2, 0.25) is 0 Å². The third-order valence-electron chi connectivity index (χ3n) is 1.32. The molecule has 0 spiro atoms. The van der Waals surface area contributed by atoms with Gasteiger partial charge in [-0.1, -0.05) is 0 Å². The normalized spacial score (nSPS) is 11.8. The molecule has 0 bridgehead atoms. The van der Waals surface area contributed by atoms with E-state index in [-0.39, 0.29) is 12.3 Å². The van der Waals surface area contributed by atoms with Crippen molar-refractivity contribution < 1.29 is 19.3 Å². The Bertz CT molecular complexity index is 222. The van der Waals surface area contributed by atoms with Crippen molar-refractivity contribution in [2.75, 3.05) is 33.5 Å². The maximum absolute atomic E-state index is 9.16. The second kappa shape index (κ2) is 8.29. The summed E-state index contributed by atoms with van der Waals surface area (Å²) in [6.45, 7) is 2.77. The molecule has 80 valence electrons. The lowest BCUT2D eigenvalue weighted by Crippen LogP contribution is -2.06. The molecule has 14 heavy (non-hydrogen) atoms. The van der Waals surface area contributed by atoms with Gasteiger partial charge in [0.1, 0.15) is 0 Å². The summed E-state index contributed by atoms with van der Waals surface area (Å²) >= 11 is 0. The molecule has 0 aromatic carbocycles. The van der Waals surface area contributed by atoms with Gasteiger partial charge in [-0.3, -0.25) is 0 Å². The first-order valence-corrected chi connectivity index (χ1v) is 4.22. The van der Waals surface area contributed by atoms with Crippen molar-refractivity contribution in [1.82, 2.24) is 0 Å². The second-order valence-electron chi connectivity index (χ2n) is 2.33. The van der Waals surface area contributed by atoms with E-state index in [1.54, 1.807) is 14.0 Å². The van der Waals surface area contributed by atoms with Crippen LogP contribution in [0.15, 0.2) is 11.6 Å². The van der Waals surface area contributed by atoms with Crippen LogP contribution in [0, 0.1) is 5.39 Å². The highest BCUT2D eigenvalue weighted by Gasteiger charge is 2.20. The van der Waals surface area contributed by atoms with Crippen LogP contribution in [-0.4, -0.2) is 38.6 Å². The van der Waals surface area contributed by atoms with E-state index < -0.39 is 5.95 Å². The minimum atomic E-state index is -0.424. The van der Waals surface area contributed by atoms with Crippen LogP contribution in [0.1, 0.15) is 6.92 Å². The van der Waals surface area contributed by atoms with E-state index in [0.29, 0.717) is 19.8 Å². The Morgan fingerprint density at radius 1 is 1.43 bits per heavy atom. The van der Waals surface area contributed by atoms with Crippen molar-refractivity contribution in [2.45, 2.75) is 6.92 Å². The van der Waals surface area contributed by atoms with Crippen molar-refractivity contribution in [3.8, 4) is 0 Å². The van der Waals surface area contributed by atoms with Crippen molar-refractivity contribution in [2.24, 2.45) is 0 Å². The van der Waals surface area contributed by atoms with Gasteiger partial charge in [-0.25, -0.2) is 0 Å². The van der Waals surface area contributed by atoms with Gasteiger partial charge >= 0.3 is 11.6 Å². The summed E-state index contributed by atoms with van der Waals surface area (Å²) in [5.74, 6) is -0.424. The van der Waals surface area contributed by atoms with Gasteiger partial charge < -0.3 is 19.3 Å². The largest absolute Gasteiger partial charge is 0.475 e. The van der Waals surface area contributed by atoms with Crippen LogP contribution >= 0.6 is 0 Å².